The van der Waals surface area contributed by atoms with Crippen molar-refractivity contribution in [2.45, 2.75) is 26.0 Å². The summed E-state index contributed by atoms with van der Waals surface area (Å²) in [4.78, 5) is 0. The molecule has 4 aromatic rings. The van der Waals surface area contributed by atoms with Gasteiger partial charge in [0.1, 0.15) is 6.61 Å². The van der Waals surface area contributed by atoms with Crippen LogP contribution in [0.5, 0.6) is 23.0 Å². The van der Waals surface area contributed by atoms with Crippen molar-refractivity contribution in [3.05, 3.63) is 89.1 Å². The van der Waals surface area contributed by atoms with Crippen molar-refractivity contribution >= 4 is 22.4 Å². The molecule has 0 bridgehead atoms. The molecule has 5 rings (SSSR count). The second-order valence-electron chi connectivity index (χ2n) is 8.73. The molecule has 0 spiro atoms. The molecule has 0 atom stereocenters. The van der Waals surface area contributed by atoms with Crippen LogP contribution in [0.1, 0.15) is 16.7 Å². The maximum absolute atomic E-state index is 6.19. The molecule has 184 valence electrons. The first kappa shape index (κ1) is 24.0. The lowest BCUT2D eigenvalue weighted by atomic mass is 9.90. The first-order valence-electron chi connectivity index (χ1n) is 11.9. The number of fused-ring (bicyclic) bond motifs is 4. The van der Waals surface area contributed by atoms with Crippen LogP contribution in [0, 0.1) is 0 Å². The van der Waals surface area contributed by atoms with Gasteiger partial charge in [0, 0.05) is 22.4 Å². The predicted octanol–water partition coefficient (Wildman–Crippen LogP) is 6.34. The summed E-state index contributed by atoms with van der Waals surface area (Å²) in [6.45, 7) is 5.31. The zero-order valence-electron chi connectivity index (χ0n) is 20.8. The second kappa shape index (κ2) is 10.1. The Bertz CT molecular complexity index is 1450. The van der Waals surface area contributed by atoms with Crippen molar-refractivity contribution in [1.29, 1.82) is 0 Å². The number of pyridine rings is 1. The molecule has 0 saturated carbocycles. The summed E-state index contributed by atoms with van der Waals surface area (Å²) in [6.07, 6.45) is 5.71. The molecular weight excluding hydrogens is 474 g/mol. The van der Waals surface area contributed by atoms with Crippen LogP contribution in [0.25, 0.3) is 22.0 Å². The lowest BCUT2D eigenvalue weighted by molar-refractivity contribution is -0.686. The molecule has 1 aliphatic rings. The van der Waals surface area contributed by atoms with Gasteiger partial charge in [-0.1, -0.05) is 29.8 Å². The first-order valence-corrected chi connectivity index (χ1v) is 12.2. The van der Waals surface area contributed by atoms with Gasteiger partial charge in [0.2, 0.25) is 5.69 Å². The van der Waals surface area contributed by atoms with Gasteiger partial charge in [-0.25, -0.2) is 0 Å². The molecule has 1 aliphatic heterocycles. The van der Waals surface area contributed by atoms with Crippen LogP contribution in [0.15, 0.2) is 67.4 Å². The smallest absolute Gasteiger partial charge is 0.217 e. The molecule has 0 unspecified atom stereocenters. The molecule has 3 aromatic carbocycles. The van der Waals surface area contributed by atoms with Crippen molar-refractivity contribution in [2.75, 3.05) is 21.3 Å². The third kappa shape index (κ3) is 4.24. The van der Waals surface area contributed by atoms with Crippen LogP contribution in [0.4, 0.5) is 0 Å². The molecule has 1 aromatic heterocycles. The van der Waals surface area contributed by atoms with E-state index in [1.165, 1.54) is 16.8 Å². The topological polar surface area (TPSA) is 40.8 Å². The van der Waals surface area contributed by atoms with Crippen molar-refractivity contribution < 1.29 is 23.5 Å². The third-order valence-corrected chi connectivity index (χ3v) is 6.94. The molecular formula is C30H29ClNO4+. The van der Waals surface area contributed by atoms with Crippen LogP contribution >= 0.6 is 11.6 Å². The summed E-state index contributed by atoms with van der Waals surface area (Å²) in [5.74, 6) is 2.89. The highest BCUT2D eigenvalue weighted by atomic mass is 35.5. The summed E-state index contributed by atoms with van der Waals surface area (Å²) >= 11 is 6.02. The third-order valence-electron chi connectivity index (χ3n) is 6.69. The van der Waals surface area contributed by atoms with Gasteiger partial charge in [-0.05, 0) is 53.9 Å². The summed E-state index contributed by atoms with van der Waals surface area (Å²) in [5, 5.41) is 2.85. The van der Waals surface area contributed by atoms with Crippen LogP contribution < -0.4 is 23.5 Å². The fraction of sp³-hybridized carbons (Fsp3) is 0.233. The Labute approximate surface area is 216 Å². The number of aromatic nitrogens is 1. The number of rotatable bonds is 8. The van der Waals surface area contributed by atoms with Crippen LogP contribution in [0.2, 0.25) is 5.02 Å². The number of nitrogens with zero attached hydrogens (tertiary/aromatic N) is 1. The molecule has 36 heavy (non-hydrogen) atoms. The first-order chi connectivity index (χ1) is 17.6. The quantitative estimate of drug-likeness (QED) is 0.208. The van der Waals surface area contributed by atoms with Crippen LogP contribution in [0.3, 0.4) is 0 Å². The van der Waals surface area contributed by atoms with Crippen molar-refractivity contribution in [1.82, 2.24) is 0 Å². The van der Waals surface area contributed by atoms with E-state index in [1.54, 1.807) is 21.3 Å². The number of methoxy groups -OCH3 is 3. The highest BCUT2D eigenvalue weighted by Gasteiger charge is 2.31. The van der Waals surface area contributed by atoms with Gasteiger partial charge in [0.15, 0.2) is 35.7 Å². The van der Waals surface area contributed by atoms with Gasteiger partial charge in [-0.15, -0.1) is 6.58 Å². The fourth-order valence-corrected chi connectivity index (χ4v) is 5.12. The van der Waals surface area contributed by atoms with E-state index < -0.39 is 0 Å². The molecule has 0 radical (unpaired) electrons. The van der Waals surface area contributed by atoms with E-state index in [1.807, 2.05) is 36.4 Å². The predicted molar refractivity (Wildman–Crippen MR) is 143 cm³/mol. The average molecular weight is 503 g/mol. The molecule has 0 saturated heterocycles. The molecule has 0 aliphatic carbocycles. The summed E-state index contributed by atoms with van der Waals surface area (Å²) in [6, 6.07) is 15.9. The minimum absolute atomic E-state index is 0.436. The van der Waals surface area contributed by atoms with Gasteiger partial charge in [0.05, 0.1) is 32.3 Å². The highest BCUT2D eigenvalue weighted by Crippen LogP contribution is 2.42. The SMILES string of the molecule is C=CCc1c2[n+](cc3c(OC)c(OC)ccc13)CCc1cc(OCc3ccc(Cl)cc3)c(OC)cc1-2. The molecule has 0 fully saturated rings. The summed E-state index contributed by atoms with van der Waals surface area (Å²) in [5.41, 5.74) is 5.78. The lowest BCUT2D eigenvalue weighted by Gasteiger charge is -2.22. The molecule has 0 N–H and O–H groups in total. The van der Waals surface area contributed by atoms with E-state index >= 15 is 0 Å². The van der Waals surface area contributed by atoms with E-state index in [9.17, 15) is 0 Å². The maximum atomic E-state index is 6.19. The zero-order chi connectivity index (χ0) is 25.2. The number of aryl methyl sites for hydroxylation is 2. The van der Waals surface area contributed by atoms with Crippen molar-refractivity contribution in [3.63, 3.8) is 0 Å². The van der Waals surface area contributed by atoms with Crippen molar-refractivity contribution in [2.24, 2.45) is 0 Å². The summed E-state index contributed by atoms with van der Waals surface area (Å²) in [7, 11) is 5.02. The van der Waals surface area contributed by atoms with Crippen LogP contribution in [-0.4, -0.2) is 21.3 Å². The van der Waals surface area contributed by atoms with Gasteiger partial charge in [-0.2, -0.15) is 4.57 Å². The lowest BCUT2D eigenvalue weighted by Crippen LogP contribution is -2.41. The normalized spacial score (nSPS) is 12.0. The minimum atomic E-state index is 0.436. The number of hydrogen-bond donors (Lipinski definition) is 0. The molecule has 5 nitrogen and oxygen atoms in total. The average Bonchev–Trinajstić information content (AvgIpc) is 2.91. The molecule has 0 amide bonds. The van der Waals surface area contributed by atoms with Gasteiger partial charge >= 0.3 is 0 Å². The number of halogens is 1. The van der Waals surface area contributed by atoms with Gasteiger partial charge in [-0.3, -0.25) is 0 Å². The standard InChI is InChI=1S/C30H29ClNO4/c1-5-6-23-22-11-12-26(33-2)30(35-4)25(22)17-32-14-13-20-15-28(27(34-3)16-24(20)29(23)32)36-18-19-7-9-21(31)10-8-19/h5,7-12,15-17H,1,6,13-14,18H2,2-4H3/q+1. The van der Waals surface area contributed by atoms with Crippen LogP contribution in [-0.2, 0) is 26.0 Å². The highest BCUT2D eigenvalue weighted by molar-refractivity contribution is 6.30. The van der Waals surface area contributed by atoms with E-state index in [-0.39, 0.29) is 0 Å². The Hall–Kier alpha value is -3.70. The number of benzene rings is 3. The number of hydrogen-bond acceptors (Lipinski definition) is 4. The number of allylic oxidation sites excluding steroid dienone is 1. The zero-order valence-corrected chi connectivity index (χ0v) is 21.5. The Morgan fingerprint density at radius 1 is 0.917 bits per heavy atom. The molecule has 2 heterocycles. The van der Waals surface area contributed by atoms with Gasteiger partial charge in [0.25, 0.3) is 0 Å². The Kier molecular flexibility index (Phi) is 6.75. The minimum Gasteiger partial charge on any atom is -0.493 e. The largest absolute Gasteiger partial charge is 0.493 e. The Balaban J connectivity index is 1.63. The fourth-order valence-electron chi connectivity index (χ4n) is 4.99. The summed E-state index contributed by atoms with van der Waals surface area (Å²) < 4.78 is 25.6. The van der Waals surface area contributed by atoms with E-state index in [0.29, 0.717) is 17.4 Å². The monoisotopic (exact) mass is 502 g/mol. The second-order valence-corrected chi connectivity index (χ2v) is 9.17. The van der Waals surface area contributed by atoms with E-state index in [0.717, 1.165) is 58.5 Å². The Morgan fingerprint density at radius 2 is 1.69 bits per heavy atom. The number of ether oxygens (including phenoxy) is 4. The van der Waals surface area contributed by atoms with Crippen molar-refractivity contribution in [3.8, 4) is 34.3 Å². The van der Waals surface area contributed by atoms with Gasteiger partial charge < -0.3 is 18.9 Å². The maximum Gasteiger partial charge on any atom is 0.217 e. The van der Waals surface area contributed by atoms with E-state index in [4.69, 9.17) is 30.5 Å². The molecule has 6 heteroatoms. The van der Waals surface area contributed by atoms with E-state index in [2.05, 4.69) is 35.5 Å². The Morgan fingerprint density at radius 3 is 2.39 bits per heavy atom.